The van der Waals surface area contributed by atoms with Gasteiger partial charge in [0.2, 0.25) is 0 Å². The number of hydrogen-bond donors (Lipinski definition) is 1. The molecule has 0 aliphatic heterocycles. The molecular formula is C16H27N. The topological polar surface area (TPSA) is 12.0 Å². The zero-order chi connectivity index (χ0) is 12.8. The second kappa shape index (κ2) is 6.80. The van der Waals surface area contributed by atoms with Crippen molar-refractivity contribution in [2.24, 2.45) is 11.8 Å². The van der Waals surface area contributed by atoms with Crippen LogP contribution in [0.1, 0.15) is 38.8 Å². The van der Waals surface area contributed by atoms with Crippen LogP contribution in [0.3, 0.4) is 0 Å². The van der Waals surface area contributed by atoms with Gasteiger partial charge in [-0.1, -0.05) is 52.0 Å². The summed E-state index contributed by atoms with van der Waals surface area (Å²) in [7, 11) is 0. The first kappa shape index (κ1) is 14.2. The number of hydrogen-bond acceptors (Lipinski definition) is 1. The fourth-order valence-electron chi connectivity index (χ4n) is 2.25. The molecule has 1 nitrogen and oxygen atoms in total. The standard InChI is InChI=1S/C16H27N/c1-6-17-16(14(5)12(2)3)11-15-10-8-7-9-13(15)4/h7-10,12,14,16-17H,6,11H2,1-5H3. The highest BCUT2D eigenvalue weighted by Gasteiger charge is 2.20. The highest BCUT2D eigenvalue weighted by Crippen LogP contribution is 2.19. The van der Waals surface area contributed by atoms with Crippen LogP contribution in [0.25, 0.3) is 0 Å². The van der Waals surface area contributed by atoms with E-state index in [0.717, 1.165) is 18.9 Å². The van der Waals surface area contributed by atoms with Gasteiger partial charge in [0.05, 0.1) is 0 Å². The average molecular weight is 233 g/mol. The Hall–Kier alpha value is -0.820. The van der Waals surface area contributed by atoms with Crippen molar-refractivity contribution in [3.8, 4) is 0 Å². The Balaban J connectivity index is 2.76. The summed E-state index contributed by atoms with van der Waals surface area (Å²) >= 11 is 0. The third-order valence-electron chi connectivity index (χ3n) is 3.85. The molecule has 0 aliphatic carbocycles. The molecular weight excluding hydrogens is 206 g/mol. The van der Waals surface area contributed by atoms with Crippen molar-refractivity contribution in [1.82, 2.24) is 5.32 Å². The maximum Gasteiger partial charge on any atom is 0.0135 e. The van der Waals surface area contributed by atoms with Gasteiger partial charge in [-0.25, -0.2) is 0 Å². The first-order valence-electron chi connectivity index (χ1n) is 6.84. The number of likely N-dealkylation sites (N-methyl/N-ethyl adjacent to an activating group) is 1. The fourth-order valence-corrected chi connectivity index (χ4v) is 2.25. The van der Waals surface area contributed by atoms with E-state index in [0.29, 0.717) is 12.0 Å². The van der Waals surface area contributed by atoms with E-state index in [2.05, 4.69) is 64.2 Å². The molecule has 17 heavy (non-hydrogen) atoms. The van der Waals surface area contributed by atoms with E-state index in [1.165, 1.54) is 11.1 Å². The van der Waals surface area contributed by atoms with Gasteiger partial charge in [-0.05, 0) is 42.9 Å². The van der Waals surface area contributed by atoms with Gasteiger partial charge in [0, 0.05) is 6.04 Å². The van der Waals surface area contributed by atoms with Crippen molar-refractivity contribution in [2.75, 3.05) is 6.54 Å². The molecule has 1 aromatic rings. The smallest absolute Gasteiger partial charge is 0.0135 e. The molecule has 0 bridgehead atoms. The summed E-state index contributed by atoms with van der Waals surface area (Å²) in [6, 6.07) is 9.31. The van der Waals surface area contributed by atoms with Crippen LogP contribution >= 0.6 is 0 Å². The molecule has 2 atom stereocenters. The van der Waals surface area contributed by atoms with Crippen molar-refractivity contribution in [3.63, 3.8) is 0 Å². The van der Waals surface area contributed by atoms with Crippen molar-refractivity contribution < 1.29 is 0 Å². The number of aryl methyl sites for hydroxylation is 1. The van der Waals surface area contributed by atoms with Gasteiger partial charge in [-0.3, -0.25) is 0 Å². The minimum absolute atomic E-state index is 0.584. The highest BCUT2D eigenvalue weighted by molar-refractivity contribution is 5.26. The summed E-state index contributed by atoms with van der Waals surface area (Å²) in [4.78, 5) is 0. The minimum atomic E-state index is 0.584. The van der Waals surface area contributed by atoms with Crippen molar-refractivity contribution in [3.05, 3.63) is 35.4 Å². The van der Waals surface area contributed by atoms with Crippen LogP contribution in [0, 0.1) is 18.8 Å². The summed E-state index contributed by atoms with van der Waals surface area (Å²) in [6.45, 7) is 12.4. The van der Waals surface area contributed by atoms with Crippen LogP contribution in [0.15, 0.2) is 24.3 Å². The molecule has 0 saturated carbocycles. The lowest BCUT2D eigenvalue weighted by Crippen LogP contribution is -2.39. The van der Waals surface area contributed by atoms with E-state index in [1.54, 1.807) is 0 Å². The zero-order valence-electron chi connectivity index (χ0n) is 12.0. The molecule has 1 N–H and O–H groups in total. The molecule has 0 aromatic heterocycles. The van der Waals surface area contributed by atoms with Gasteiger partial charge >= 0.3 is 0 Å². The lowest BCUT2D eigenvalue weighted by molar-refractivity contribution is 0.300. The van der Waals surface area contributed by atoms with E-state index < -0.39 is 0 Å². The predicted octanol–water partition coefficient (Wildman–Crippen LogP) is 3.81. The van der Waals surface area contributed by atoms with Gasteiger partial charge in [-0.15, -0.1) is 0 Å². The maximum atomic E-state index is 3.64. The van der Waals surface area contributed by atoms with E-state index >= 15 is 0 Å². The maximum absolute atomic E-state index is 3.64. The van der Waals surface area contributed by atoms with E-state index in [4.69, 9.17) is 0 Å². The number of benzene rings is 1. The van der Waals surface area contributed by atoms with Crippen molar-refractivity contribution in [2.45, 2.75) is 47.1 Å². The molecule has 96 valence electrons. The van der Waals surface area contributed by atoms with Gasteiger partial charge in [0.1, 0.15) is 0 Å². The summed E-state index contributed by atoms with van der Waals surface area (Å²) < 4.78 is 0. The van der Waals surface area contributed by atoms with E-state index in [1.807, 2.05) is 0 Å². The Bertz CT molecular complexity index is 330. The number of rotatable bonds is 6. The predicted molar refractivity (Wildman–Crippen MR) is 76.3 cm³/mol. The minimum Gasteiger partial charge on any atom is -0.314 e. The third-order valence-corrected chi connectivity index (χ3v) is 3.85. The van der Waals surface area contributed by atoms with Gasteiger partial charge in [0.25, 0.3) is 0 Å². The fraction of sp³-hybridized carbons (Fsp3) is 0.625. The van der Waals surface area contributed by atoms with Crippen LogP contribution in [-0.4, -0.2) is 12.6 Å². The molecule has 1 rings (SSSR count). The first-order chi connectivity index (χ1) is 8.06. The van der Waals surface area contributed by atoms with Crippen molar-refractivity contribution in [1.29, 1.82) is 0 Å². The molecule has 0 heterocycles. The van der Waals surface area contributed by atoms with Crippen LogP contribution in [0.4, 0.5) is 0 Å². The van der Waals surface area contributed by atoms with Gasteiger partial charge in [0.15, 0.2) is 0 Å². The number of nitrogens with one attached hydrogen (secondary N) is 1. The molecule has 1 heteroatoms. The second-order valence-electron chi connectivity index (χ2n) is 5.40. The molecule has 1 aromatic carbocycles. The lowest BCUT2D eigenvalue weighted by Gasteiger charge is -2.28. The molecule has 2 unspecified atom stereocenters. The zero-order valence-corrected chi connectivity index (χ0v) is 12.0. The SMILES string of the molecule is CCNC(Cc1ccccc1C)C(C)C(C)C. The monoisotopic (exact) mass is 233 g/mol. The van der Waals surface area contributed by atoms with Crippen molar-refractivity contribution >= 4 is 0 Å². The molecule has 0 radical (unpaired) electrons. The van der Waals surface area contributed by atoms with Crippen LogP contribution in [0.2, 0.25) is 0 Å². The Labute approximate surface area is 107 Å². The Morgan fingerprint density at radius 1 is 1.12 bits per heavy atom. The normalized spacial score (nSPS) is 14.9. The van der Waals surface area contributed by atoms with E-state index in [-0.39, 0.29) is 0 Å². The lowest BCUT2D eigenvalue weighted by atomic mass is 9.86. The summed E-state index contributed by atoms with van der Waals surface area (Å²) in [5.74, 6) is 1.43. The average Bonchev–Trinajstić information content (AvgIpc) is 2.30. The Morgan fingerprint density at radius 3 is 2.29 bits per heavy atom. The van der Waals surface area contributed by atoms with Crippen LogP contribution in [-0.2, 0) is 6.42 Å². The largest absolute Gasteiger partial charge is 0.314 e. The second-order valence-corrected chi connectivity index (χ2v) is 5.40. The van der Waals surface area contributed by atoms with Crippen LogP contribution < -0.4 is 5.32 Å². The molecule has 0 saturated heterocycles. The summed E-state index contributed by atoms with van der Waals surface area (Å²) in [5, 5.41) is 3.64. The Morgan fingerprint density at radius 2 is 1.76 bits per heavy atom. The summed E-state index contributed by atoms with van der Waals surface area (Å²) in [5.41, 5.74) is 2.89. The van der Waals surface area contributed by atoms with E-state index in [9.17, 15) is 0 Å². The molecule has 0 amide bonds. The summed E-state index contributed by atoms with van der Waals surface area (Å²) in [6.07, 6.45) is 1.14. The van der Waals surface area contributed by atoms with Crippen LogP contribution in [0.5, 0.6) is 0 Å². The quantitative estimate of drug-likeness (QED) is 0.788. The molecule has 0 aliphatic rings. The molecule has 0 spiro atoms. The third kappa shape index (κ3) is 4.16. The molecule has 0 fully saturated rings. The first-order valence-corrected chi connectivity index (χ1v) is 6.84. The highest BCUT2D eigenvalue weighted by atomic mass is 14.9. The Kier molecular flexibility index (Phi) is 5.70. The van der Waals surface area contributed by atoms with Gasteiger partial charge in [-0.2, -0.15) is 0 Å². The van der Waals surface area contributed by atoms with Gasteiger partial charge < -0.3 is 5.32 Å².